The molecule has 0 fully saturated rings. The summed E-state index contributed by atoms with van der Waals surface area (Å²) in [4.78, 5) is 13.4. The second-order valence-corrected chi connectivity index (χ2v) is 5.89. The maximum absolute atomic E-state index is 12.0. The number of anilines is 1. The molecule has 0 N–H and O–H groups in total. The Hall–Kier alpha value is -0.551. The molecule has 22 heavy (non-hydrogen) atoms. The van der Waals surface area contributed by atoms with Crippen LogP contribution in [0.5, 0.6) is 5.75 Å². The predicted molar refractivity (Wildman–Crippen MR) is 92.9 cm³/mol. The molecule has 6 heteroatoms. The molecule has 3 nitrogen and oxygen atoms in total. The largest absolute Gasteiger partial charge is 0 e. The quantitative estimate of drug-likeness (QED) is 0.556. The van der Waals surface area contributed by atoms with Crippen molar-refractivity contribution >= 4 is 72.5 Å². The molecule has 0 aliphatic carbocycles. The summed E-state index contributed by atoms with van der Waals surface area (Å²) in [7, 11) is 0. The Morgan fingerprint density at radius 2 is 1.73 bits per heavy atom. The van der Waals surface area contributed by atoms with Crippen molar-refractivity contribution in [1.82, 2.24) is 0 Å². The summed E-state index contributed by atoms with van der Waals surface area (Å²) < 4.78 is 6.24. The number of para-hydroxylation sites is 1. The van der Waals surface area contributed by atoms with Gasteiger partial charge in [-0.2, -0.15) is 0 Å². The fraction of sp³-hybridized carbons (Fsp3) is 0.125. The van der Waals surface area contributed by atoms with E-state index in [0.717, 1.165) is 5.56 Å². The van der Waals surface area contributed by atoms with Crippen LogP contribution >= 0.6 is 11.6 Å². The third-order valence-corrected chi connectivity index (χ3v) is 3.90. The van der Waals surface area contributed by atoms with Gasteiger partial charge < -0.3 is 0 Å². The Kier molecular flexibility index (Phi) is 7.90. The van der Waals surface area contributed by atoms with Crippen LogP contribution in [-0.2, 0) is 4.79 Å². The first-order valence-electron chi connectivity index (χ1n) is 6.33. The van der Waals surface area contributed by atoms with Crippen LogP contribution in [0, 0.1) is 6.92 Å². The average Bonchev–Trinajstić information content (AvgIpc) is 2.43. The summed E-state index contributed by atoms with van der Waals surface area (Å²) in [5.74, 6) is 0.523. The summed E-state index contributed by atoms with van der Waals surface area (Å²) in [6.45, 7) is 3.49. The second kappa shape index (κ2) is 8.92. The maximum Gasteiger partial charge on any atom is 0 e. The van der Waals surface area contributed by atoms with Gasteiger partial charge in [0.2, 0.25) is 0 Å². The minimum absolute atomic E-state index is 0. The second-order valence-electron chi connectivity index (χ2n) is 4.49. The molecule has 2 aromatic rings. The van der Waals surface area contributed by atoms with Crippen LogP contribution in [-0.4, -0.2) is 55.3 Å². The Bertz CT molecular complexity index is 674. The first-order chi connectivity index (χ1) is 9.99. The van der Waals surface area contributed by atoms with Gasteiger partial charge in [-0.15, -0.1) is 0 Å². The van der Waals surface area contributed by atoms with Gasteiger partial charge in [0.1, 0.15) is 0 Å². The van der Waals surface area contributed by atoms with E-state index in [9.17, 15) is 4.79 Å². The van der Waals surface area contributed by atoms with E-state index in [4.69, 9.17) is 16.3 Å². The number of aryl methyl sites for hydroxylation is 1. The van der Waals surface area contributed by atoms with Crippen molar-refractivity contribution in [2.75, 3.05) is 4.90 Å². The Morgan fingerprint density at radius 3 is 2.27 bits per heavy atom. The number of amides is 1. The van der Waals surface area contributed by atoms with Gasteiger partial charge in [0.25, 0.3) is 0 Å². The fourth-order valence-electron chi connectivity index (χ4n) is 1.78. The smallest absolute Gasteiger partial charge is 0 e. The van der Waals surface area contributed by atoms with E-state index in [1.807, 2.05) is 43.3 Å². The molecule has 0 saturated carbocycles. The van der Waals surface area contributed by atoms with E-state index < -0.39 is 0 Å². The van der Waals surface area contributed by atoms with Crippen molar-refractivity contribution in [3.05, 3.63) is 59.1 Å². The van der Waals surface area contributed by atoms with Crippen LogP contribution in [0.1, 0.15) is 12.5 Å². The van der Waals surface area contributed by atoms with E-state index in [1.54, 1.807) is 34.0 Å². The van der Waals surface area contributed by atoms with E-state index in [-0.39, 0.29) is 29.6 Å². The summed E-state index contributed by atoms with van der Waals surface area (Å²) in [5.41, 5.74) is 1.76. The molecule has 0 aromatic heterocycles. The van der Waals surface area contributed by atoms with E-state index >= 15 is 0 Å². The number of rotatable bonds is 4. The van der Waals surface area contributed by atoms with Crippen LogP contribution in [0.4, 0.5) is 5.69 Å². The molecule has 2 radical (unpaired) electrons. The molecular weight excluding hydrogens is 529 g/mol. The van der Waals surface area contributed by atoms with Gasteiger partial charge in [-0.3, -0.25) is 0 Å². The summed E-state index contributed by atoms with van der Waals surface area (Å²) in [5, 5.41) is 0.501. The molecule has 0 aliphatic rings. The number of carbonyl (C=O) groups excluding carboxylic acids is 1. The van der Waals surface area contributed by atoms with Crippen LogP contribution in [0.3, 0.4) is 0 Å². The number of hydrogen-bond donors (Lipinski definition) is 0. The first-order valence-corrected chi connectivity index (χ1v) is 7.87. The number of carbonyl (C=O) groups is 1. The zero-order chi connectivity index (χ0) is 15.4. The summed E-state index contributed by atoms with van der Waals surface area (Å²) in [6.07, 6.45) is 0. The van der Waals surface area contributed by atoms with Gasteiger partial charge in [0, 0.05) is 23.7 Å². The van der Waals surface area contributed by atoms with Crippen molar-refractivity contribution < 1.29 is 9.53 Å². The number of ether oxygens (including phenoxy) is 1. The molecule has 2 rings (SSSR count). The number of benzene rings is 2. The van der Waals surface area contributed by atoms with E-state index in [1.165, 1.54) is 11.8 Å². The normalized spacial score (nSPS) is 9.59. The standard InChI is InChI=1S/C16H14ClNO2Te.Te/c1-11-7-9-13(10-8-11)20-16(21)18(12(2)19)15-6-4-3-5-14(15)17;/h3-10H,1-2H3;. The number of halogens is 1. The zero-order valence-corrected chi connectivity index (χ0v) is 17.5. The first kappa shape index (κ1) is 19.5. The molecule has 0 saturated heterocycles. The average molecular weight is 543 g/mol. The molecule has 1 amide bonds. The Labute approximate surface area is 164 Å². The van der Waals surface area contributed by atoms with E-state index in [2.05, 4.69) is 0 Å². The van der Waals surface area contributed by atoms with Gasteiger partial charge in [0.05, 0.1) is 0 Å². The van der Waals surface area contributed by atoms with Crippen molar-refractivity contribution in [2.24, 2.45) is 0 Å². The third kappa shape index (κ3) is 4.98. The van der Waals surface area contributed by atoms with Gasteiger partial charge in [-0.05, 0) is 0 Å². The van der Waals surface area contributed by atoms with Crippen molar-refractivity contribution in [3.8, 4) is 5.75 Å². The zero-order valence-electron chi connectivity index (χ0n) is 12.1. The molecular formula is C16H14ClNO2Te2. The minimum atomic E-state index is -0.157. The van der Waals surface area contributed by atoms with Crippen LogP contribution in [0.15, 0.2) is 48.5 Å². The molecule has 0 spiro atoms. The SMILES string of the molecule is CC(=O)N(C(=[Te])Oc1ccc(C)cc1)c1ccccc1Cl.[Te]. The topological polar surface area (TPSA) is 29.5 Å². The predicted octanol–water partition coefficient (Wildman–Crippen LogP) is 2.96. The molecule has 114 valence electrons. The van der Waals surface area contributed by atoms with Gasteiger partial charge in [-0.25, -0.2) is 0 Å². The molecule has 0 atom stereocenters. The van der Waals surface area contributed by atoms with Gasteiger partial charge in [0.15, 0.2) is 0 Å². The van der Waals surface area contributed by atoms with Crippen LogP contribution < -0.4 is 9.64 Å². The molecule has 0 bridgehead atoms. The number of hydrogen-bond acceptors (Lipinski definition) is 2. The monoisotopic (exact) mass is 547 g/mol. The number of nitrogens with zero attached hydrogens (tertiary/aromatic N) is 1. The van der Waals surface area contributed by atoms with E-state index in [0.29, 0.717) is 20.3 Å². The molecule has 0 heterocycles. The minimum Gasteiger partial charge on any atom is 0 e. The third-order valence-electron chi connectivity index (χ3n) is 2.82. The fourth-order valence-corrected chi connectivity index (χ4v) is 2.92. The molecule has 0 aliphatic heterocycles. The Balaban J connectivity index is 0.00000242. The van der Waals surface area contributed by atoms with Crippen LogP contribution in [0.25, 0.3) is 0 Å². The molecule has 2 aromatic carbocycles. The Morgan fingerprint density at radius 1 is 1.14 bits per heavy atom. The van der Waals surface area contributed by atoms with Gasteiger partial charge in [-0.1, -0.05) is 0 Å². The van der Waals surface area contributed by atoms with Crippen molar-refractivity contribution in [1.29, 1.82) is 0 Å². The summed E-state index contributed by atoms with van der Waals surface area (Å²) in [6, 6.07) is 14.8. The maximum atomic E-state index is 12.0. The molecule has 0 unspecified atom stereocenters. The summed E-state index contributed by atoms with van der Waals surface area (Å²) >= 11 is 7.83. The van der Waals surface area contributed by atoms with Crippen molar-refractivity contribution in [2.45, 2.75) is 13.8 Å². The van der Waals surface area contributed by atoms with Crippen molar-refractivity contribution in [3.63, 3.8) is 0 Å². The van der Waals surface area contributed by atoms with Gasteiger partial charge >= 0.3 is 142 Å². The van der Waals surface area contributed by atoms with Crippen LogP contribution in [0.2, 0.25) is 5.02 Å².